The van der Waals surface area contributed by atoms with E-state index < -0.39 is 0 Å². The molecule has 6 heteroatoms. The van der Waals surface area contributed by atoms with Crippen LogP contribution < -0.4 is 15.8 Å². The molecule has 0 heterocycles. The standard InChI is InChI=1S/C16H26N2O2S.ClH/c1-11(2)9-13(10-17)18-16(19)12(3)21-15-7-5-14(20-4)6-8-15;/h5-8,11-13H,9-10,17H2,1-4H3,(H,18,19);1H. The third kappa shape index (κ3) is 7.38. The van der Waals surface area contributed by atoms with Crippen molar-refractivity contribution >= 4 is 30.1 Å². The molecule has 126 valence electrons. The molecule has 0 aliphatic rings. The van der Waals surface area contributed by atoms with Crippen molar-refractivity contribution < 1.29 is 9.53 Å². The second-order valence-corrected chi connectivity index (χ2v) is 6.92. The minimum atomic E-state index is -0.153. The number of methoxy groups -OCH3 is 1. The lowest BCUT2D eigenvalue weighted by molar-refractivity contribution is -0.121. The van der Waals surface area contributed by atoms with Crippen molar-refractivity contribution in [2.75, 3.05) is 13.7 Å². The first kappa shape index (κ1) is 21.1. The van der Waals surface area contributed by atoms with Gasteiger partial charge in [-0.1, -0.05) is 13.8 Å². The van der Waals surface area contributed by atoms with Crippen molar-refractivity contribution in [3.8, 4) is 5.75 Å². The molecule has 0 aliphatic carbocycles. The van der Waals surface area contributed by atoms with Gasteiger partial charge in [-0.3, -0.25) is 4.79 Å². The molecule has 3 N–H and O–H groups in total. The quantitative estimate of drug-likeness (QED) is 0.710. The third-order valence-corrected chi connectivity index (χ3v) is 4.24. The minimum Gasteiger partial charge on any atom is -0.497 e. The Labute approximate surface area is 144 Å². The van der Waals surface area contributed by atoms with Gasteiger partial charge < -0.3 is 15.8 Å². The number of nitrogens with two attached hydrogens (primary N) is 1. The summed E-state index contributed by atoms with van der Waals surface area (Å²) < 4.78 is 5.12. The molecule has 4 nitrogen and oxygen atoms in total. The van der Waals surface area contributed by atoms with Crippen molar-refractivity contribution in [3.05, 3.63) is 24.3 Å². The molecule has 1 aromatic rings. The summed E-state index contributed by atoms with van der Waals surface area (Å²) in [5, 5.41) is 2.88. The maximum Gasteiger partial charge on any atom is 0.233 e. The van der Waals surface area contributed by atoms with Gasteiger partial charge in [-0.2, -0.15) is 0 Å². The van der Waals surface area contributed by atoms with Crippen molar-refractivity contribution in [1.29, 1.82) is 0 Å². The first-order valence-corrected chi connectivity index (χ1v) is 8.15. The zero-order chi connectivity index (χ0) is 15.8. The van der Waals surface area contributed by atoms with Crippen LogP contribution in [0.25, 0.3) is 0 Å². The molecule has 2 atom stereocenters. The molecule has 1 rings (SSSR count). The molecule has 0 saturated heterocycles. The predicted molar refractivity (Wildman–Crippen MR) is 96.0 cm³/mol. The van der Waals surface area contributed by atoms with Crippen LogP contribution in [0.5, 0.6) is 5.75 Å². The molecule has 0 aromatic heterocycles. The second-order valence-electron chi connectivity index (χ2n) is 5.51. The lowest BCUT2D eigenvalue weighted by Crippen LogP contribution is -2.44. The van der Waals surface area contributed by atoms with Crippen molar-refractivity contribution in [3.63, 3.8) is 0 Å². The number of benzene rings is 1. The van der Waals surface area contributed by atoms with Gasteiger partial charge in [0.15, 0.2) is 0 Å². The monoisotopic (exact) mass is 346 g/mol. The number of hydrogen-bond donors (Lipinski definition) is 2. The van der Waals surface area contributed by atoms with E-state index in [1.165, 1.54) is 11.8 Å². The Balaban J connectivity index is 0.00000441. The number of hydrogen-bond acceptors (Lipinski definition) is 4. The molecule has 0 fully saturated rings. The average Bonchev–Trinajstić information content (AvgIpc) is 2.46. The normalized spacial score (nSPS) is 13.2. The zero-order valence-corrected chi connectivity index (χ0v) is 15.3. The summed E-state index contributed by atoms with van der Waals surface area (Å²) in [6.07, 6.45) is 0.905. The molecular formula is C16H27ClN2O2S. The topological polar surface area (TPSA) is 64.3 Å². The first-order valence-electron chi connectivity index (χ1n) is 7.27. The molecule has 0 saturated carbocycles. The van der Waals surface area contributed by atoms with Gasteiger partial charge in [-0.15, -0.1) is 24.2 Å². The van der Waals surface area contributed by atoms with Crippen LogP contribution >= 0.6 is 24.2 Å². The highest BCUT2D eigenvalue weighted by Crippen LogP contribution is 2.25. The van der Waals surface area contributed by atoms with Gasteiger partial charge in [-0.05, 0) is 43.5 Å². The Hall–Kier alpha value is -0.910. The largest absolute Gasteiger partial charge is 0.497 e. The smallest absolute Gasteiger partial charge is 0.233 e. The van der Waals surface area contributed by atoms with Crippen LogP contribution in [0.4, 0.5) is 0 Å². The summed E-state index contributed by atoms with van der Waals surface area (Å²) in [7, 11) is 1.64. The molecule has 1 amide bonds. The van der Waals surface area contributed by atoms with Crippen LogP contribution in [0.1, 0.15) is 27.2 Å². The van der Waals surface area contributed by atoms with Crippen LogP contribution in [0.3, 0.4) is 0 Å². The fourth-order valence-electron chi connectivity index (χ4n) is 2.01. The maximum atomic E-state index is 12.2. The number of rotatable bonds is 8. The van der Waals surface area contributed by atoms with E-state index in [0.29, 0.717) is 12.5 Å². The molecule has 0 aliphatic heterocycles. The van der Waals surface area contributed by atoms with Gasteiger partial charge in [0.05, 0.1) is 12.4 Å². The molecular weight excluding hydrogens is 320 g/mol. The molecule has 1 aromatic carbocycles. The highest BCUT2D eigenvalue weighted by molar-refractivity contribution is 8.00. The Morgan fingerprint density at radius 3 is 2.32 bits per heavy atom. The molecule has 22 heavy (non-hydrogen) atoms. The zero-order valence-electron chi connectivity index (χ0n) is 13.7. The van der Waals surface area contributed by atoms with Gasteiger partial charge in [0.25, 0.3) is 0 Å². The summed E-state index contributed by atoms with van der Waals surface area (Å²) in [5.41, 5.74) is 5.72. The van der Waals surface area contributed by atoms with Gasteiger partial charge in [0, 0.05) is 17.5 Å². The van der Waals surface area contributed by atoms with Crippen molar-refractivity contribution in [1.82, 2.24) is 5.32 Å². The van der Waals surface area contributed by atoms with E-state index in [1.54, 1.807) is 7.11 Å². The maximum absolute atomic E-state index is 12.2. The average molecular weight is 347 g/mol. The van der Waals surface area contributed by atoms with Crippen LogP contribution in [0.15, 0.2) is 29.2 Å². The van der Waals surface area contributed by atoms with E-state index in [-0.39, 0.29) is 29.6 Å². The van der Waals surface area contributed by atoms with Crippen molar-refractivity contribution in [2.45, 2.75) is 43.4 Å². The number of ether oxygens (including phenoxy) is 1. The van der Waals surface area contributed by atoms with Gasteiger partial charge >= 0.3 is 0 Å². The highest BCUT2D eigenvalue weighted by atomic mass is 35.5. The lowest BCUT2D eigenvalue weighted by atomic mass is 10.0. The second kappa shape index (κ2) is 10.8. The summed E-state index contributed by atoms with van der Waals surface area (Å²) in [6, 6.07) is 7.77. The Morgan fingerprint density at radius 1 is 1.27 bits per heavy atom. The van der Waals surface area contributed by atoms with Crippen LogP contribution in [0, 0.1) is 5.92 Å². The lowest BCUT2D eigenvalue weighted by Gasteiger charge is -2.21. The van der Waals surface area contributed by atoms with E-state index in [0.717, 1.165) is 17.1 Å². The third-order valence-electron chi connectivity index (χ3n) is 3.13. The first-order chi connectivity index (χ1) is 9.96. The minimum absolute atomic E-state index is 0. The summed E-state index contributed by atoms with van der Waals surface area (Å²) in [5.74, 6) is 1.37. The molecule has 0 radical (unpaired) electrons. The highest BCUT2D eigenvalue weighted by Gasteiger charge is 2.18. The van der Waals surface area contributed by atoms with Gasteiger partial charge in [0.1, 0.15) is 5.75 Å². The predicted octanol–water partition coefficient (Wildman–Crippen LogP) is 3.09. The summed E-state index contributed by atoms with van der Waals surface area (Å²) >= 11 is 1.53. The number of amides is 1. The van der Waals surface area contributed by atoms with E-state index in [2.05, 4.69) is 19.2 Å². The summed E-state index contributed by atoms with van der Waals surface area (Å²) in [4.78, 5) is 13.3. The fraction of sp³-hybridized carbons (Fsp3) is 0.562. The van der Waals surface area contributed by atoms with Crippen LogP contribution in [0.2, 0.25) is 0 Å². The van der Waals surface area contributed by atoms with Gasteiger partial charge in [0.2, 0.25) is 5.91 Å². The van der Waals surface area contributed by atoms with Crippen LogP contribution in [-0.2, 0) is 4.79 Å². The SMILES string of the molecule is COc1ccc(SC(C)C(=O)NC(CN)CC(C)C)cc1.Cl. The Kier molecular flexibility index (Phi) is 10.3. The number of carbonyl (C=O) groups excluding carboxylic acids is 1. The molecule has 0 bridgehead atoms. The fourth-order valence-corrected chi connectivity index (χ4v) is 2.89. The molecule has 0 spiro atoms. The number of halogens is 1. The summed E-state index contributed by atoms with van der Waals surface area (Å²) in [6.45, 7) is 6.64. The number of nitrogens with one attached hydrogen (secondary N) is 1. The molecule has 2 unspecified atom stereocenters. The van der Waals surface area contributed by atoms with Crippen molar-refractivity contribution in [2.24, 2.45) is 11.7 Å². The van der Waals surface area contributed by atoms with E-state index in [1.807, 2.05) is 31.2 Å². The number of carbonyl (C=O) groups is 1. The number of thioether (sulfide) groups is 1. The van der Waals surface area contributed by atoms with E-state index in [9.17, 15) is 4.79 Å². The Bertz CT molecular complexity index is 440. The van der Waals surface area contributed by atoms with Gasteiger partial charge in [-0.25, -0.2) is 0 Å². The van der Waals surface area contributed by atoms with E-state index in [4.69, 9.17) is 10.5 Å². The van der Waals surface area contributed by atoms with E-state index >= 15 is 0 Å². The Morgan fingerprint density at radius 2 is 1.86 bits per heavy atom. The van der Waals surface area contributed by atoms with Crippen LogP contribution in [-0.4, -0.2) is 30.9 Å².